The first-order chi connectivity index (χ1) is 8.57. The number of nitrogens with zero attached hydrogens (tertiary/aromatic N) is 1. The van der Waals surface area contributed by atoms with Gasteiger partial charge in [0.05, 0.1) is 5.54 Å². The molecule has 0 spiro atoms. The van der Waals surface area contributed by atoms with Crippen molar-refractivity contribution in [2.45, 2.75) is 25.3 Å². The second kappa shape index (κ2) is 3.99. The van der Waals surface area contributed by atoms with Crippen LogP contribution in [0.15, 0.2) is 24.3 Å². The van der Waals surface area contributed by atoms with E-state index in [0.717, 1.165) is 11.3 Å². The van der Waals surface area contributed by atoms with Crippen LogP contribution in [0.4, 0.5) is 10.5 Å². The fraction of sp³-hybridized carbons (Fsp3) is 0.500. The summed E-state index contributed by atoms with van der Waals surface area (Å²) in [6.45, 7) is 3.39. The van der Waals surface area contributed by atoms with E-state index in [1.54, 1.807) is 4.90 Å². The van der Waals surface area contributed by atoms with Crippen LogP contribution in [0.25, 0.3) is 0 Å². The highest BCUT2D eigenvalue weighted by Crippen LogP contribution is 2.42. The molecule has 18 heavy (non-hydrogen) atoms. The lowest BCUT2D eigenvalue weighted by molar-refractivity contribution is 0.0895. The molecule has 0 atom stereocenters. The number of aryl methyl sites for hydroxylation is 1. The van der Waals surface area contributed by atoms with Gasteiger partial charge in [0.2, 0.25) is 0 Å². The van der Waals surface area contributed by atoms with Crippen molar-refractivity contribution in [3.8, 4) is 0 Å². The molecule has 1 saturated heterocycles. The van der Waals surface area contributed by atoms with Crippen molar-refractivity contribution < 1.29 is 4.79 Å². The highest BCUT2D eigenvalue weighted by atomic mass is 16.2. The van der Waals surface area contributed by atoms with Gasteiger partial charge in [0, 0.05) is 18.8 Å². The van der Waals surface area contributed by atoms with Crippen LogP contribution in [-0.4, -0.2) is 29.6 Å². The Hall–Kier alpha value is -1.55. The Balaban J connectivity index is 1.57. The standard InChI is InChI=1S/C14H19N3O/c1-10-3-2-4-12(7-10)16-13(18)17-8-14(15,9-17)11-5-6-11/h2-4,7,11H,5-6,8-9,15H2,1H3,(H,16,18). The smallest absolute Gasteiger partial charge is 0.321 e. The SMILES string of the molecule is Cc1cccc(NC(=O)N2CC(N)(C3CC3)C2)c1. The van der Waals surface area contributed by atoms with Crippen molar-refractivity contribution in [2.75, 3.05) is 18.4 Å². The summed E-state index contributed by atoms with van der Waals surface area (Å²) < 4.78 is 0. The van der Waals surface area contributed by atoms with E-state index in [-0.39, 0.29) is 11.6 Å². The van der Waals surface area contributed by atoms with Gasteiger partial charge in [-0.25, -0.2) is 4.79 Å². The highest BCUT2D eigenvalue weighted by Gasteiger charge is 2.51. The molecule has 1 aliphatic carbocycles. The number of carbonyl (C=O) groups is 1. The molecule has 2 amide bonds. The molecule has 3 rings (SSSR count). The number of nitrogens with two attached hydrogens (primary N) is 1. The molecule has 1 heterocycles. The van der Waals surface area contributed by atoms with Crippen molar-refractivity contribution in [1.29, 1.82) is 0 Å². The zero-order chi connectivity index (χ0) is 12.8. The Morgan fingerprint density at radius 1 is 1.44 bits per heavy atom. The van der Waals surface area contributed by atoms with Crippen LogP contribution in [0.3, 0.4) is 0 Å². The monoisotopic (exact) mass is 245 g/mol. The molecule has 4 heteroatoms. The largest absolute Gasteiger partial charge is 0.322 e. The van der Waals surface area contributed by atoms with Gasteiger partial charge >= 0.3 is 6.03 Å². The molecule has 1 aromatic carbocycles. The summed E-state index contributed by atoms with van der Waals surface area (Å²) >= 11 is 0. The molecule has 96 valence electrons. The maximum absolute atomic E-state index is 12.0. The molecule has 3 N–H and O–H groups in total. The minimum atomic E-state index is -0.107. The number of hydrogen-bond donors (Lipinski definition) is 2. The minimum Gasteiger partial charge on any atom is -0.322 e. The predicted octanol–water partition coefficient (Wildman–Crippen LogP) is 1.95. The van der Waals surface area contributed by atoms with Crippen LogP contribution in [0, 0.1) is 12.8 Å². The van der Waals surface area contributed by atoms with Crippen LogP contribution < -0.4 is 11.1 Å². The first kappa shape index (κ1) is 11.5. The maximum atomic E-state index is 12.0. The van der Waals surface area contributed by atoms with Crippen molar-refractivity contribution in [1.82, 2.24) is 4.90 Å². The molecule has 0 unspecified atom stereocenters. The van der Waals surface area contributed by atoms with Crippen LogP contribution in [0.1, 0.15) is 18.4 Å². The van der Waals surface area contributed by atoms with E-state index in [1.165, 1.54) is 12.8 Å². The van der Waals surface area contributed by atoms with Crippen LogP contribution in [0.2, 0.25) is 0 Å². The lowest BCUT2D eigenvalue weighted by Gasteiger charge is -2.48. The van der Waals surface area contributed by atoms with E-state index >= 15 is 0 Å². The number of rotatable bonds is 2. The molecule has 0 aromatic heterocycles. The molecule has 2 fully saturated rings. The molecular weight excluding hydrogens is 226 g/mol. The molecular formula is C14H19N3O. The first-order valence-corrected chi connectivity index (χ1v) is 6.48. The summed E-state index contributed by atoms with van der Waals surface area (Å²) in [5, 5.41) is 2.91. The molecule has 2 aliphatic rings. The number of carbonyl (C=O) groups excluding carboxylic acids is 1. The van der Waals surface area contributed by atoms with E-state index in [4.69, 9.17) is 5.73 Å². The lowest BCUT2D eigenvalue weighted by atomic mass is 9.86. The Bertz CT molecular complexity index is 476. The molecule has 4 nitrogen and oxygen atoms in total. The van der Waals surface area contributed by atoms with Gasteiger partial charge in [0.25, 0.3) is 0 Å². The molecule has 1 aromatic rings. The van der Waals surface area contributed by atoms with Gasteiger partial charge in [-0.05, 0) is 43.4 Å². The van der Waals surface area contributed by atoms with Gasteiger partial charge in [-0.15, -0.1) is 0 Å². The molecule has 0 radical (unpaired) electrons. The number of hydrogen-bond acceptors (Lipinski definition) is 2. The average molecular weight is 245 g/mol. The number of amides is 2. The zero-order valence-electron chi connectivity index (χ0n) is 10.6. The summed E-state index contributed by atoms with van der Waals surface area (Å²) in [7, 11) is 0. The third-order valence-corrected chi connectivity index (χ3v) is 3.92. The van der Waals surface area contributed by atoms with E-state index in [2.05, 4.69) is 5.32 Å². The molecule has 1 saturated carbocycles. The average Bonchev–Trinajstić information content (AvgIpc) is 3.08. The third kappa shape index (κ3) is 2.08. The van der Waals surface area contributed by atoms with E-state index in [1.807, 2.05) is 31.2 Å². The molecule has 1 aliphatic heterocycles. The van der Waals surface area contributed by atoms with E-state index in [0.29, 0.717) is 19.0 Å². The zero-order valence-corrected chi connectivity index (χ0v) is 10.6. The Kier molecular flexibility index (Phi) is 2.55. The highest BCUT2D eigenvalue weighted by molar-refractivity contribution is 5.90. The topological polar surface area (TPSA) is 58.4 Å². The summed E-state index contributed by atoms with van der Waals surface area (Å²) in [5.74, 6) is 0.639. The van der Waals surface area contributed by atoms with E-state index < -0.39 is 0 Å². The van der Waals surface area contributed by atoms with Gasteiger partial charge in [-0.1, -0.05) is 12.1 Å². The summed E-state index contributed by atoms with van der Waals surface area (Å²) in [6.07, 6.45) is 2.45. The fourth-order valence-electron chi connectivity index (χ4n) is 2.65. The van der Waals surface area contributed by atoms with Crippen molar-refractivity contribution in [2.24, 2.45) is 11.7 Å². The van der Waals surface area contributed by atoms with Crippen LogP contribution >= 0.6 is 0 Å². The lowest BCUT2D eigenvalue weighted by Crippen LogP contribution is -2.70. The van der Waals surface area contributed by atoms with Crippen LogP contribution in [0.5, 0.6) is 0 Å². The first-order valence-electron chi connectivity index (χ1n) is 6.48. The molecule has 0 bridgehead atoms. The van der Waals surface area contributed by atoms with Gasteiger partial charge in [-0.2, -0.15) is 0 Å². The number of urea groups is 1. The second-order valence-corrected chi connectivity index (χ2v) is 5.66. The third-order valence-electron chi connectivity index (χ3n) is 3.92. The van der Waals surface area contributed by atoms with E-state index in [9.17, 15) is 4.79 Å². The summed E-state index contributed by atoms with van der Waals surface area (Å²) in [4.78, 5) is 13.8. The van der Waals surface area contributed by atoms with Crippen molar-refractivity contribution in [3.05, 3.63) is 29.8 Å². The number of benzene rings is 1. The van der Waals surface area contributed by atoms with Crippen molar-refractivity contribution >= 4 is 11.7 Å². The minimum absolute atomic E-state index is 0.0395. The van der Waals surface area contributed by atoms with Crippen LogP contribution in [-0.2, 0) is 0 Å². The van der Waals surface area contributed by atoms with Gasteiger partial charge in [0.15, 0.2) is 0 Å². The van der Waals surface area contributed by atoms with Gasteiger partial charge in [-0.3, -0.25) is 0 Å². The normalized spacial score (nSPS) is 21.3. The summed E-state index contributed by atoms with van der Waals surface area (Å²) in [5.41, 5.74) is 8.11. The Labute approximate surface area is 107 Å². The predicted molar refractivity (Wildman–Crippen MR) is 71.4 cm³/mol. The van der Waals surface area contributed by atoms with Gasteiger partial charge in [0.1, 0.15) is 0 Å². The quantitative estimate of drug-likeness (QED) is 0.836. The number of likely N-dealkylation sites (tertiary alicyclic amines) is 1. The number of nitrogens with one attached hydrogen (secondary N) is 1. The summed E-state index contributed by atoms with van der Waals surface area (Å²) in [6, 6.07) is 7.79. The fourth-order valence-corrected chi connectivity index (χ4v) is 2.65. The second-order valence-electron chi connectivity index (χ2n) is 5.66. The van der Waals surface area contributed by atoms with Crippen molar-refractivity contribution in [3.63, 3.8) is 0 Å². The Morgan fingerprint density at radius 2 is 2.17 bits per heavy atom. The number of anilines is 1. The maximum Gasteiger partial charge on any atom is 0.321 e. The Morgan fingerprint density at radius 3 is 2.78 bits per heavy atom. The van der Waals surface area contributed by atoms with Gasteiger partial charge < -0.3 is 16.0 Å².